The number of allylic oxidation sites excluding steroid dienone is 3. The van der Waals surface area contributed by atoms with E-state index >= 15 is 0 Å². The van der Waals surface area contributed by atoms with Crippen molar-refractivity contribution >= 4 is 34.8 Å². The molecular weight excluding hydrogens is 630 g/mol. The molecule has 10 nitrogen and oxygen atoms in total. The van der Waals surface area contributed by atoms with E-state index in [2.05, 4.69) is 39.1 Å². The van der Waals surface area contributed by atoms with Gasteiger partial charge in [0.15, 0.2) is 0 Å². The van der Waals surface area contributed by atoms with Gasteiger partial charge in [0.2, 0.25) is 11.8 Å². The predicted molar refractivity (Wildman–Crippen MR) is 200 cm³/mol. The molecule has 50 heavy (non-hydrogen) atoms. The van der Waals surface area contributed by atoms with E-state index in [0.29, 0.717) is 25.1 Å². The molecular formula is C40H51N5O5. The average Bonchev–Trinajstić information content (AvgIpc) is 3.33. The first-order valence-corrected chi connectivity index (χ1v) is 17.7. The van der Waals surface area contributed by atoms with Crippen molar-refractivity contribution in [2.45, 2.75) is 77.2 Å². The van der Waals surface area contributed by atoms with Crippen molar-refractivity contribution in [1.82, 2.24) is 16.0 Å². The van der Waals surface area contributed by atoms with Gasteiger partial charge in [0.05, 0.1) is 25.6 Å². The van der Waals surface area contributed by atoms with Crippen LogP contribution in [0.15, 0.2) is 89.2 Å². The highest BCUT2D eigenvalue weighted by Crippen LogP contribution is 2.35. The quantitative estimate of drug-likeness (QED) is 0.0797. The molecule has 6 N–H and O–H groups in total. The monoisotopic (exact) mass is 681 g/mol. The summed E-state index contributed by atoms with van der Waals surface area (Å²) in [6.07, 6.45) is 13.9. The number of ether oxygens (including phenoxy) is 1. The molecule has 1 atom stereocenters. The smallest absolute Gasteiger partial charge is 0.305 e. The number of benzene rings is 3. The van der Waals surface area contributed by atoms with E-state index in [-0.39, 0.29) is 25.3 Å². The maximum Gasteiger partial charge on any atom is 0.305 e. The molecule has 1 heterocycles. The highest BCUT2D eigenvalue weighted by molar-refractivity contribution is 6.00. The average molecular weight is 682 g/mol. The molecule has 0 aromatic heterocycles. The van der Waals surface area contributed by atoms with Gasteiger partial charge in [-0.3, -0.25) is 14.4 Å². The zero-order chi connectivity index (χ0) is 35.6. The number of nitrogens with zero attached hydrogens (tertiary/aromatic N) is 1. The van der Waals surface area contributed by atoms with Crippen molar-refractivity contribution in [2.24, 2.45) is 10.7 Å². The maximum atomic E-state index is 12.8. The number of amides is 2. The van der Waals surface area contributed by atoms with Crippen LogP contribution < -0.4 is 26.4 Å². The Kier molecular flexibility index (Phi) is 15.5. The van der Waals surface area contributed by atoms with E-state index in [1.54, 1.807) is 6.21 Å². The lowest BCUT2D eigenvalue weighted by molar-refractivity contribution is -0.138. The van der Waals surface area contributed by atoms with E-state index < -0.39 is 17.9 Å². The molecule has 0 saturated carbocycles. The van der Waals surface area contributed by atoms with Gasteiger partial charge in [-0.2, -0.15) is 0 Å². The SMILES string of the molecule is CC1=CC=NC(NCCCC(=O)NCC(=O)NC(CC(=O)O)c2ccc(-c3ccc(OCCCCCCCCN)c4ccccc34)cc2)=CC1. The minimum atomic E-state index is -1.04. The molecule has 0 saturated heterocycles. The number of carbonyl (C=O) groups excluding carboxylic acids is 2. The summed E-state index contributed by atoms with van der Waals surface area (Å²) in [5.74, 6) is -0.122. The largest absolute Gasteiger partial charge is 0.493 e. The number of nitrogens with one attached hydrogen (secondary N) is 3. The first-order chi connectivity index (χ1) is 24.3. The van der Waals surface area contributed by atoms with Crippen molar-refractivity contribution in [1.29, 1.82) is 0 Å². The van der Waals surface area contributed by atoms with Gasteiger partial charge in [-0.25, -0.2) is 4.99 Å². The van der Waals surface area contributed by atoms with Crippen LogP contribution in [0.1, 0.15) is 82.7 Å². The zero-order valence-corrected chi connectivity index (χ0v) is 29.1. The number of hydrogen-bond acceptors (Lipinski definition) is 7. The molecule has 1 aliphatic rings. The number of fused-ring (bicyclic) bond motifs is 1. The second kappa shape index (κ2) is 20.5. The molecule has 4 rings (SSSR count). The third kappa shape index (κ3) is 12.5. The third-order valence-corrected chi connectivity index (χ3v) is 8.60. The number of nitrogens with two attached hydrogens (primary N) is 1. The van der Waals surface area contributed by atoms with Crippen molar-refractivity contribution in [3.05, 3.63) is 89.8 Å². The topological polar surface area (TPSA) is 155 Å². The molecule has 0 aliphatic carbocycles. The van der Waals surface area contributed by atoms with Crippen LogP contribution in [0.5, 0.6) is 5.75 Å². The summed E-state index contributed by atoms with van der Waals surface area (Å²) < 4.78 is 6.20. The van der Waals surface area contributed by atoms with Crippen LogP contribution in [0.2, 0.25) is 0 Å². The highest BCUT2D eigenvalue weighted by atomic mass is 16.5. The van der Waals surface area contributed by atoms with Crippen LogP contribution in [0.25, 0.3) is 21.9 Å². The van der Waals surface area contributed by atoms with Gasteiger partial charge < -0.3 is 31.5 Å². The molecule has 266 valence electrons. The number of carboxylic acids is 1. The fourth-order valence-electron chi connectivity index (χ4n) is 5.83. The standard InChI is InChI=1S/C40H51N5O5/c1-29-14-21-37(43-25-22-29)42-24-10-13-38(46)44-28-39(47)45-35(27-40(48)49)31-17-15-30(16-18-31)32-19-20-36(34-12-7-6-11-33(32)34)50-26-9-5-3-2-4-8-23-41/h6-7,11-12,15-22,25,35,42H,2-5,8-10,13-14,23-24,26-28,41H2,1H3,(H,44,46)(H,45,47)(H,48,49). The third-order valence-electron chi connectivity index (χ3n) is 8.60. The summed E-state index contributed by atoms with van der Waals surface area (Å²) in [6, 6.07) is 19.0. The van der Waals surface area contributed by atoms with Gasteiger partial charge in [0.1, 0.15) is 11.6 Å². The number of aliphatic carboxylic acids is 1. The zero-order valence-electron chi connectivity index (χ0n) is 29.1. The molecule has 3 aromatic carbocycles. The van der Waals surface area contributed by atoms with Gasteiger partial charge in [-0.15, -0.1) is 0 Å². The van der Waals surface area contributed by atoms with E-state index in [4.69, 9.17) is 10.5 Å². The van der Waals surface area contributed by atoms with Crippen LogP contribution in [-0.4, -0.2) is 55.3 Å². The number of unbranched alkanes of at least 4 members (excludes halogenated alkanes) is 5. The first kappa shape index (κ1) is 37.9. The summed E-state index contributed by atoms with van der Waals surface area (Å²) >= 11 is 0. The van der Waals surface area contributed by atoms with E-state index in [9.17, 15) is 19.5 Å². The fourth-order valence-corrected chi connectivity index (χ4v) is 5.83. The highest BCUT2D eigenvalue weighted by Gasteiger charge is 2.19. The van der Waals surface area contributed by atoms with Crippen LogP contribution in [0.3, 0.4) is 0 Å². The Bertz CT molecular complexity index is 1660. The van der Waals surface area contributed by atoms with Crippen LogP contribution in [-0.2, 0) is 14.4 Å². The Morgan fingerprint density at radius 1 is 0.900 bits per heavy atom. The number of aliphatic imine (C=N–C) groups is 1. The summed E-state index contributed by atoms with van der Waals surface area (Å²) in [7, 11) is 0. The number of hydrogen-bond donors (Lipinski definition) is 5. The molecule has 0 fully saturated rings. The Morgan fingerprint density at radius 3 is 2.40 bits per heavy atom. The molecule has 1 aliphatic heterocycles. The maximum absolute atomic E-state index is 12.8. The molecule has 0 bridgehead atoms. The molecule has 2 amide bonds. The Hall–Kier alpha value is -4.96. The Morgan fingerprint density at radius 2 is 1.64 bits per heavy atom. The second-order valence-electron chi connectivity index (χ2n) is 12.6. The lowest BCUT2D eigenvalue weighted by Gasteiger charge is -2.19. The summed E-state index contributed by atoms with van der Waals surface area (Å²) in [6.45, 7) is 3.80. The van der Waals surface area contributed by atoms with Gasteiger partial charge in [-0.1, -0.05) is 85.9 Å². The van der Waals surface area contributed by atoms with Crippen LogP contribution in [0.4, 0.5) is 0 Å². The van der Waals surface area contributed by atoms with Gasteiger partial charge in [-0.05, 0) is 79.4 Å². The minimum Gasteiger partial charge on any atom is -0.493 e. The number of carbonyl (C=O) groups is 3. The molecule has 0 spiro atoms. The van der Waals surface area contributed by atoms with Crippen LogP contribution in [0, 0.1) is 0 Å². The molecule has 10 heteroatoms. The molecule has 0 radical (unpaired) electrons. The van der Waals surface area contributed by atoms with E-state index in [1.165, 1.54) is 24.8 Å². The van der Waals surface area contributed by atoms with Crippen molar-refractivity contribution < 1.29 is 24.2 Å². The number of rotatable bonds is 21. The van der Waals surface area contributed by atoms with E-state index in [1.807, 2.05) is 61.5 Å². The minimum absolute atomic E-state index is 0.240. The second-order valence-corrected chi connectivity index (χ2v) is 12.6. The summed E-state index contributed by atoms with van der Waals surface area (Å²) in [5, 5.41) is 20.3. The Labute approximate surface area is 295 Å². The number of carboxylic acid groups (broad SMARTS) is 1. The first-order valence-electron chi connectivity index (χ1n) is 17.7. The van der Waals surface area contributed by atoms with Gasteiger partial charge in [0, 0.05) is 24.6 Å². The van der Waals surface area contributed by atoms with Crippen molar-refractivity contribution in [3.8, 4) is 16.9 Å². The van der Waals surface area contributed by atoms with Crippen molar-refractivity contribution in [2.75, 3.05) is 26.2 Å². The lowest BCUT2D eigenvalue weighted by atomic mass is 9.95. The Balaban J connectivity index is 1.29. The fraction of sp³-hybridized carbons (Fsp3) is 0.400. The van der Waals surface area contributed by atoms with Gasteiger partial charge >= 0.3 is 5.97 Å². The normalized spacial score (nSPS) is 13.2. The van der Waals surface area contributed by atoms with Crippen LogP contribution >= 0.6 is 0 Å². The summed E-state index contributed by atoms with van der Waals surface area (Å²) in [5.41, 5.74) is 9.45. The van der Waals surface area contributed by atoms with E-state index in [0.717, 1.165) is 65.7 Å². The lowest BCUT2D eigenvalue weighted by Crippen LogP contribution is -2.39. The predicted octanol–water partition coefficient (Wildman–Crippen LogP) is 6.57. The summed E-state index contributed by atoms with van der Waals surface area (Å²) in [4.78, 5) is 41.1. The van der Waals surface area contributed by atoms with Crippen molar-refractivity contribution in [3.63, 3.8) is 0 Å². The molecule has 1 unspecified atom stereocenters. The molecule has 3 aromatic rings. The van der Waals surface area contributed by atoms with Gasteiger partial charge in [0.25, 0.3) is 0 Å².